The summed E-state index contributed by atoms with van der Waals surface area (Å²) in [6.45, 7) is 3.62. The van der Waals surface area contributed by atoms with E-state index in [9.17, 15) is 18.5 Å². The summed E-state index contributed by atoms with van der Waals surface area (Å²) in [5.74, 6) is -0.428. The molecule has 108 valence electrons. The molecule has 0 aliphatic rings. The number of nitro groups is 1. The summed E-state index contributed by atoms with van der Waals surface area (Å²) in [6, 6.07) is 6.68. The third-order valence-electron chi connectivity index (χ3n) is 2.74. The normalized spacial score (nSPS) is 12.9. The maximum absolute atomic E-state index is 12.3. The summed E-state index contributed by atoms with van der Waals surface area (Å²) in [5, 5.41) is 19.3. The lowest BCUT2D eigenvalue weighted by atomic mass is 10.2. The summed E-state index contributed by atoms with van der Waals surface area (Å²) < 4.78 is 25.9. The first-order chi connectivity index (χ1) is 9.32. The summed E-state index contributed by atoms with van der Waals surface area (Å²) in [6.07, 6.45) is 0. The van der Waals surface area contributed by atoms with Crippen molar-refractivity contribution >= 4 is 15.7 Å². The second kappa shape index (κ2) is 6.45. The molecule has 1 aromatic rings. The van der Waals surface area contributed by atoms with E-state index in [2.05, 4.69) is 0 Å². The fraction of sp³-hybridized carbons (Fsp3) is 0.417. The van der Waals surface area contributed by atoms with Crippen molar-refractivity contribution < 1.29 is 13.3 Å². The lowest BCUT2D eigenvalue weighted by Crippen LogP contribution is -2.34. The number of sulfonamides is 1. The van der Waals surface area contributed by atoms with Crippen molar-refractivity contribution in [3.63, 3.8) is 0 Å². The van der Waals surface area contributed by atoms with Gasteiger partial charge in [-0.3, -0.25) is 10.1 Å². The average Bonchev–Trinajstić information content (AvgIpc) is 2.44. The smallest absolute Gasteiger partial charge is 0.258 e. The highest BCUT2D eigenvalue weighted by Crippen LogP contribution is 2.20. The Hall–Kier alpha value is -1.98. The van der Waals surface area contributed by atoms with Crippen molar-refractivity contribution in [2.45, 2.75) is 18.7 Å². The topological polar surface area (TPSA) is 104 Å². The van der Waals surface area contributed by atoms with Crippen molar-refractivity contribution in [2.75, 3.05) is 13.1 Å². The SMILES string of the molecule is CCN(CC(C)C#N)S(=O)(=O)c1ccc([N+](=O)[O-])cc1. The van der Waals surface area contributed by atoms with E-state index in [0.717, 1.165) is 12.1 Å². The van der Waals surface area contributed by atoms with Gasteiger partial charge in [0.15, 0.2) is 0 Å². The zero-order chi connectivity index (χ0) is 15.3. The molecule has 0 amide bonds. The number of rotatable bonds is 6. The Kier molecular flexibility index (Phi) is 5.19. The van der Waals surface area contributed by atoms with Gasteiger partial charge in [0.25, 0.3) is 5.69 Å². The highest BCUT2D eigenvalue weighted by Gasteiger charge is 2.25. The zero-order valence-electron chi connectivity index (χ0n) is 11.2. The van der Waals surface area contributed by atoms with E-state index in [1.165, 1.54) is 16.4 Å². The highest BCUT2D eigenvalue weighted by atomic mass is 32.2. The third kappa shape index (κ3) is 3.53. The van der Waals surface area contributed by atoms with Crippen molar-refractivity contribution in [3.8, 4) is 6.07 Å². The van der Waals surface area contributed by atoms with Gasteiger partial charge in [0, 0.05) is 25.2 Å². The minimum absolute atomic E-state index is 0.0184. The molecular weight excluding hydrogens is 282 g/mol. The number of nitrogens with zero attached hydrogens (tertiary/aromatic N) is 3. The van der Waals surface area contributed by atoms with Crippen LogP contribution in [0.1, 0.15) is 13.8 Å². The quantitative estimate of drug-likeness (QED) is 0.587. The van der Waals surface area contributed by atoms with Gasteiger partial charge in [0.1, 0.15) is 0 Å². The molecule has 1 rings (SSSR count). The molecule has 1 aromatic carbocycles. The summed E-state index contributed by atoms with van der Waals surface area (Å²) >= 11 is 0. The molecule has 0 aliphatic carbocycles. The van der Waals surface area contributed by atoms with Crippen LogP contribution in [0, 0.1) is 27.4 Å². The first-order valence-electron chi connectivity index (χ1n) is 5.97. The molecule has 0 saturated heterocycles. The molecule has 1 atom stereocenters. The maximum atomic E-state index is 12.3. The Bertz CT molecular complexity index is 619. The predicted octanol–water partition coefficient (Wildman–Crippen LogP) is 1.77. The second-order valence-electron chi connectivity index (χ2n) is 4.24. The molecule has 0 radical (unpaired) electrons. The van der Waals surface area contributed by atoms with Crippen molar-refractivity contribution in [3.05, 3.63) is 34.4 Å². The Morgan fingerprint density at radius 3 is 2.35 bits per heavy atom. The lowest BCUT2D eigenvalue weighted by Gasteiger charge is -2.21. The van der Waals surface area contributed by atoms with Gasteiger partial charge in [-0.2, -0.15) is 9.57 Å². The van der Waals surface area contributed by atoms with E-state index in [1.54, 1.807) is 13.8 Å². The molecule has 0 N–H and O–H groups in total. The van der Waals surface area contributed by atoms with E-state index in [1.807, 2.05) is 6.07 Å². The fourth-order valence-corrected chi connectivity index (χ4v) is 3.17. The number of nitro benzene ring substituents is 1. The van der Waals surface area contributed by atoms with Crippen molar-refractivity contribution in [2.24, 2.45) is 5.92 Å². The maximum Gasteiger partial charge on any atom is 0.269 e. The molecule has 0 bridgehead atoms. The molecule has 1 unspecified atom stereocenters. The van der Waals surface area contributed by atoms with Gasteiger partial charge >= 0.3 is 0 Å². The first kappa shape index (κ1) is 16.1. The number of benzene rings is 1. The van der Waals surface area contributed by atoms with Crippen molar-refractivity contribution in [1.82, 2.24) is 4.31 Å². The highest BCUT2D eigenvalue weighted by molar-refractivity contribution is 7.89. The zero-order valence-corrected chi connectivity index (χ0v) is 12.0. The van der Waals surface area contributed by atoms with Crippen LogP contribution in [0.5, 0.6) is 0 Å². The predicted molar refractivity (Wildman–Crippen MR) is 72.3 cm³/mol. The van der Waals surface area contributed by atoms with Gasteiger partial charge in [-0.15, -0.1) is 0 Å². The van der Waals surface area contributed by atoms with Crippen LogP contribution in [0.15, 0.2) is 29.2 Å². The van der Waals surface area contributed by atoms with Crippen LogP contribution in [0.2, 0.25) is 0 Å². The summed E-state index contributed by atoms with van der Waals surface area (Å²) in [7, 11) is -3.74. The van der Waals surface area contributed by atoms with Crippen LogP contribution in [-0.4, -0.2) is 30.7 Å². The number of non-ortho nitro benzene ring substituents is 1. The number of hydrogen-bond acceptors (Lipinski definition) is 5. The molecule has 0 spiro atoms. The van der Waals surface area contributed by atoms with Gasteiger partial charge in [-0.1, -0.05) is 6.92 Å². The monoisotopic (exact) mass is 297 g/mol. The van der Waals surface area contributed by atoms with E-state index in [-0.39, 0.29) is 23.7 Å². The third-order valence-corrected chi connectivity index (χ3v) is 4.69. The summed E-state index contributed by atoms with van der Waals surface area (Å²) in [5.41, 5.74) is -0.169. The van der Waals surface area contributed by atoms with E-state index in [0.29, 0.717) is 0 Å². The molecule has 8 heteroatoms. The molecule has 0 aliphatic heterocycles. The van der Waals surface area contributed by atoms with Gasteiger partial charge < -0.3 is 0 Å². The van der Waals surface area contributed by atoms with E-state index in [4.69, 9.17) is 5.26 Å². The largest absolute Gasteiger partial charge is 0.269 e. The van der Waals surface area contributed by atoms with Gasteiger partial charge in [-0.25, -0.2) is 8.42 Å². The second-order valence-corrected chi connectivity index (χ2v) is 6.17. The first-order valence-corrected chi connectivity index (χ1v) is 7.41. The van der Waals surface area contributed by atoms with Crippen LogP contribution in [-0.2, 0) is 10.0 Å². The van der Waals surface area contributed by atoms with Crippen molar-refractivity contribution in [1.29, 1.82) is 5.26 Å². The van der Waals surface area contributed by atoms with Crippen LogP contribution in [0.3, 0.4) is 0 Å². The molecule has 20 heavy (non-hydrogen) atoms. The lowest BCUT2D eigenvalue weighted by molar-refractivity contribution is -0.384. The molecule has 0 heterocycles. The molecule has 7 nitrogen and oxygen atoms in total. The summed E-state index contributed by atoms with van der Waals surface area (Å²) in [4.78, 5) is 9.94. The molecule has 0 aromatic heterocycles. The Labute approximate surface area is 117 Å². The van der Waals surface area contributed by atoms with Gasteiger partial charge in [0.2, 0.25) is 10.0 Å². The van der Waals surface area contributed by atoms with E-state index < -0.39 is 20.9 Å². The number of hydrogen-bond donors (Lipinski definition) is 0. The Morgan fingerprint density at radius 2 is 1.95 bits per heavy atom. The van der Waals surface area contributed by atoms with Crippen LogP contribution >= 0.6 is 0 Å². The molecule has 0 fully saturated rings. The van der Waals surface area contributed by atoms with Crippen LogP contribution in [0.4, 0.5) is 5.69 Å². The van der Waals surface area contributed by atoms with Crippen LogP contribution in [0.25, 0.3) is 0 Å². The molecular formula is C12H15N3O4S. The average molecular weight is 297 g/mol. The van der Waals surface area contributed by atoms with Gasteiger partial charge in [0.05, 0.1) is 21.8 Å². The fourth-order valence-electron chi connectivity index (χ4n) is 1.63. The van der Waals surface area contributed by atoms with Crippen LogP contribution < -0.4 is 0 Å². The Balaban J connectivity index is 3.08. The van der Waals surface area contributed by atoms with E-state index >= 15 is 0 Å². The number of nitriles is 1. The minimum Gasteiger partial charge on any atom is -0.258 e. The standard InChI is InChI=1S/C12H15N3O4S/c1-3-14(9-10(2)8-13)20(18,19)12-6-4-11(5-7-12)15(16)17/h4-7,10H,3,9H2,1-2H3. The Morgan fingerprint density at radius 1 is 1.40 bits per heavy atom. The van der Waals surface area contributed by atoms with Gasteiger partial charge in [-0.05, 0) is 19.1 Å². The molecule has 0 saturated carbocycles. The minimum atomic E-state index is -3.74.